The number of halogens is 1. The smallest absolute Gasteiger partial charge is 0.161 e. The van der Waals surface area contributed by atoms with Gasteiger partial charge in [-0.05, 0) is 19.1 Å². The zero-order valence-corrected chi connectivity index (χ0v) is 7.94. The van der Waals surface area contributed by atoms with Gasteiger partial charge in [0.2, 0.25) is 0 Å². The molecule has 0 unspecified atom stereocenters. The number of para-hydroxylation sites is 1. The maximum Gasteiger partial charge on any atom is 0.161 e. The number of rotatable bonds is 2. The van der Waals surface area contributed by atoms with Gasteiger partial charge in [0.05, 0.1) is 0 Å². The van der Waals surface area contributed by atoms with Crippen LogP contribution in [-0.2, 0) is 0 Å². The summed E-state index contributed by atoms with van der Waals surface area (Å²) in [6.07, 6.45) is 0. The van der Waals surface area contributed by atoms with Gasteiger partial charge < -0.3 is 5.32 Å². The largest absolute Gasteiger partial charge is 0.388 e. The number of hydrogen-bond donors (Lipinski definition) is 1. The Labute approximate surface area is 78.4 Å². The summed E-state index contributed by atoms with van der Waals surface area (Å²) in [5.41, 5.74) is 1.63. The minimum atomic E-state index is 0. The van der Waals surface area contributed by atoms with Crippen LogP contribution in [0.3, 0.4) is 0 Å². The Hall–Kier alpha value is -1.02. The third kappa shape index (κ3) is 2.24. The molecule has 0 saturated heterocycles. The van der Waals surface area contributed by atoms with Gasteiger partial charge in [-0.25, -0.2) is 0 Å². The molecule has 66 valence electrons. The summed E-state index contributed by atoms with van der Waals surface area (Å²) in [6.45, 7) is 1.57. The molecule has 1 aromatic rings. The van der Waals surface area contributed by atoms with Crippen LogP contribution in [0.5, 0.6) is 0 Å². The molecule has 0 amide bonds. The van der Waals surface area contributed by atoms with Crippen molar-refractivity contribution < 1.29 is 4.79 Å². The average molecular weight is 186 g/mol. The van der Waals surface area contributed by atoms with E-state index in [9.17, 15) is 4.79 Å². The Morgan fingerprint density at radius 3 is 2.33 bits per heavy atom. The van der Waals surface area contributed by atoms with Crippen molar-refractivity contribution in [2.75, 3.05) is 12.4 Å². The van der Waals surface area contributed by atoms with E-state index in [0.29, 0.717) is 0 Å². The number of carbonyl (C=O) groups is 1. The average Bonchev–Trinajstić information content (AvgIpc) is 2.04. The third-order valence-electron chi connectivity index (χ3n) is 1.58. The Morgan fingerprint density at radius 1 is 1.33 bits per heavy atom. The molecular weight excluding hydrogens is 174 g/mol. The van der Waals surface area contributed by atoms with Gasteiger partial charge in [-0.2, -0.15) is 0 Å². The van der Waals surface area contributed by atoms with Gasteiger partial charge in [-0.1, -0.05) is 12.1 Å². The standard InChI is InChI=1S/C9H11NO.ClH/c1-7(11)8-5-3-4-6-9(8)10-2;/h3-6,10H,1-2H3;1H. The number of Topliss-reactive ketones (excluding diaryl/α,β-unsaturated/α-hetero) is 1. The third-order valence-corrected chi connectivity index (χ3v) is 1.58. The summed E-state index contributed by atoms with van der Waals surface area (Å²) in [7, 11) is 1.81. The van der Waals surface area contributed by atoms with E-state index in [1.165, 1.54) is 0 Å². The predicted octanol–water partition coefficient (Wildman–Crippen LogP) is 2.35. The topological polar surface area (TPSA) is 29.1 Å². The summed E-state index contributed by atoms with van der Waals surface area (Å²) in [5, 5.41) is 2.96. The van der Waals surface area contributed by atoms with Crippen LogP contribution in [0.25, 0.3) is 0 Å². The van der Waals surface area contributed by atoms with Gasteiger partial charge in [0.1, 0.15) is 0 Å². The number of carbonyl (C=O) groups excluding carboxylic acids is 1. The summed E-state index contributed by atoms with van der Waals surface area (Å²) < 4.78 is 0. The van der Waals surface area contributed by atoms with Crippen LogP contribution in [0.2, 0.25) is 0 Å². The van der Waals surface area contributed by atoms with Gasteiger partial charge >= 0.3 is 0 Å². The van der Waals surface area contributed by atoms with E-state index in [1.54, 1.807) is 6.92 Å². The monoisotopic (exact) mass is 185 g/mol. The molecule has 12 heavy (non-hydrogen) atoms. The van der Waals surface area contributed by atoms with Crippen molar-refractivity contribution >= 4 is 23.9 Å². The van der Waals surface area contributed by atoms with Crippen LogP contribution in [0.1, 0.15) is 17.3 Å². The van der Waals surface area contributed by atoms with Crippen LogP contribution in [0, 0.1) is 0 Å². The summed E-state index contributed by atoms with van der Waals surface area (Å²) >= 11 is 0. The van der Waals surface area contributed by atoms with E-state index in [1.807, 2.05) is 31.3 Å². The highest BCUT2D eigenvalue weighted by Gasteiger charge is 2.02. The zero-order chi connectivity index (χ0) is 8.27. The molecule has 0 spiro atoms. The van der Waals surface area contributed by atoms with Gasteiger partial charge in [0, 0.05) is 18.3 Å². The first-order chi connectivity index (χ1) is 5.25. The highest BCUT2D eigenvalue weighted by molar-refractivity contribution is 5.99. The Kier molecular flexibility index (Phi) is 4.37. The van der Waals surface area contributed by atoms with Gasteiger partial charge in [0.25, 0.3) is 0 Å². The van der Waals surface area contributed by atoms with Crippen molar-refractivity contribution in [3.8, 4) is 0 Å². The molecule has 0 aliphatic rings. The van der Waals surface area contributed by atoms with E-state index >= 15 is 0 Å². The number of hydrogen-bond acceptors (Lipinski definition) is 2. The minimum Gasteiger partial charge on any atom is -0.388 e. The first-order valence-electron chi connectivity index (χ1n) is 3.53. The fourth-order valence-corrected chi connectivity index (χ4v) is 1.01. The molecule has 0 bridgehead atoms. The predicted molar refractivity (Wildman–Crippen MR) is 53.2 cm³/mol. The molecule has 3 heteroatoms. The highest BCUT2D eigenvalue weighted by Crippen LogP contribution is 2.13. The van der Waals surface area contributed by atoms with E-state index in [2.05, 4.69) is 5.32 Å². The second-order valence-electron chi connectivity index (χ2n) is 2.35. The molecule has 1 aromatic carbocycles. The van der Waals surface area contributed by atoms with E-state index in [0.717, 1.165) is 11.3 Å². The minimum absolute atomic E-state index is 0. The van der Waals surface area contributed by atoms with Crippen LogP contribution >= 0.6 is 12.4 Å². The molecule has 0 aliphatic carbocycles. The van der Waals surface area contributed by atoms with Crippen LogP contribution in [-0.4, -0.2) is 12.8 Å². The molecular formula is C9H12ClNO. The second kappa shape index (κ2) is 4.78. The molecule has 0 saturated carbocycles. The second-order valence-corrected chi connectivity index (χ2v) is 2.35. The number of ketones is 1. The summed E-state index contributed by atoms with van der Waals surface area (Å²) in [6, 6.07) is 7.46. The lowest BCUT2D eigenvalue weighted by molar-refractivity contribution is 0.101. The highest BCUT2D eigenvalue weighted by atomic mass is 35.5. The van der Waals surface area contributed by atoms with Crippen LogP contribution < -0.4 is 5.32 Å². The zero-order valence-electron chi connectivity index (χ0n) is 7.13. The number of benzene rings is 1. The Morgan fingerprint density at radius 2 is 1.92 bits per heavy atom. The Bertz CT molecular complexity index is 273. The number of anilines is 1. The lowest BCUT2D eigenvalue weighted by Gasteiger charge is -2.03. The van der Waals surface area contributed by atoms with Crippen molar-refractivity contribution in [3.05, 3.63) is 29.8 Å². The molecule has 0 aromatic heterocycles. The Balaban J connectivity index is 0.00000121. The van der Waals surface area contributed by atoms with Crippen molar-refractivity contribution in [1.29, 1.82) is 0 Å². The van der Waals surface area contributed by atoms with E-state index < -0.39 is 0 Å². The SMILES string of the molecule is CNc1ccccc1C(C)=O.Cl. The van der Waals surface area contributed by atoms with Crippen molar-refractivity contribution in [3.63, 3.8) is 0 Å². The van der Waals surface area contributed by atoms with Crippen molar-refractivity contribution in [2.24, 2.45) is 0 Å². The number of nitrogens with one attached hydrogen (secondary N) is 1. The molecule has 0 heterocycles. The molecule has 0 radical (unpaired) electrons. The molecule has 0 atom stereocenters. The lowest BCUT2D eigenvalue weighted by Crippen LogP contribution is -1.98. The van der Waals surface area contributed by atoms with Crippen molar-refractivity contribution in [1.82, 2.24) is 0 Å². The maximum atomic E-state index is 11.0. The summed E-state index contributed by atoms with van der Waals surface area (Å²) in [4.78, 5) is 11.0. The maximum absolute atomic E-state index is 11.0. The molecule has 0 aliphatic heterocycles. The van der Waals surface area contributed by atoms with Gasteiger partial charge in [-0.3, -0.25) is 4.79 Å². The molecule has 1 N–H and O–H groups in total. The molecule has 0 fully saturated rings. The van der Waals surface area contributed by atoms with Crippen LogP contribution in [0.15, 0.2) is 24.3 Å². The first kappa shape index (κ1) is 11.0. The normalized spacial score (nSPS) is 8.50. The van der Waals surface area contributed by atoms with E-state index in [4.69, 9.17) is 0 Å². The first-order valence-corrected chi connectivity index (χ1v) is 3.53. The molecule has 2 nitrogen and oxygen atoms in total. The molecule has 1 rings (SSSR count). The van der Waals surface area contributed by atoms with Crippen LogP contribution in [0.4, 0.5) is 5.69 Å². The van der Waals surface area contributed by atoms with E-state index in [-0.39, 0.29) is 18.2 Å². The van der Waals surface area contributed by atoms with Gasteiger partial charge in [0.15, 0.2) is 5.78 Å². The quantitative estimate of drug-likeness (QED) is 0.717. The fourth-order valence-electron chi connectivity index (χ4n) is 1.01. The fraction of sp³-hybridized carbons (Fsp3) is 0.222. The van der Waals surface area contributed by atoms with Gasteiger partial charge in [-0.15, -0.1) is 12.4 Å². The summed E-state index contributed by atoms with van der Waals surface area (Å²) in [5.74, 6) is 0.0925. The lowest BCUT2D eigenvalue weighted by atomic mass is 10.1. The van der Waals surface area contributed by atoms with Crippen molar-refractivity contribution in [2.45, 2.75) is 6.92 Å².